The SMILES string of the molecule is C[C@H]1C[C@H](Cc2ccn3ncc(N4CCC(=O)NC4=O)c3c2)CCN1CC1CCCC1. The van der Waals surface area contributed by atoms with E-state index in [4.69, 9.17) is 0 Å². The summed E-state index contributed by atoms with van der Waals surface area (Å²) in [5.41, 5.74) is 2.99. The van der Waals surface area contributed by atoms with Crippen LogP contribution in [0.1, 0.15) is 57.4 Å². The molecule has 0 aromatic carbocycles. The number of likely N-dealkylation sites (tertiary alicyclic amines) is 1. The van der Waals surface area contributed by atoms with Gasteiger partial charge < -0.3 is 4.90 Å². The average Bonchev–Trinajstić information content (AvgIpc) is 3.40. The Morgan fingerprint density at radius 1 is 1.13 bits per heavy atom. The minimum Gasteiger partial charge on any atom is -0.300 e. The number of imide groups is 1. The Morgan fingerprint density at radius 3 is 2.74 bits per heavy atom. The first-order valence-electron chi connectivity index (χ1n) is 11.9. The van der Waals surface area contributed by atoms with Crippen molar-refractivity contribution < 1.29 is 9.59 Å². The number of carbonyl (C=O) groups excluding carboxylic acids is 2. The highest BCUT2D eigenvalue weighted by atomic mass is 16.2. The lowest BCUT2D eigenvalue weighted by Crippen LogP contribution is -2.49. The zero-order valence-corrected chi connectivity index (χ0v) is 18.4. The van der Waals surface area contributed by atoms with Gasteiger partial charge in [-0.3, -0.25) is 15.0 Å². The second-order valence-corrected chi connectivity index (χ2v) is 9.74. The van der Waals surface area contributed by atoms with Crippen LogP contribution in [0.25, 0.3) is 5.52 Å². The monoisotopic (exact) mass is 423 g/mol. The van der Waals surface area contributed by atoms with Gasteiger partial charge in [0.2, 0.25) is 5.91 Å². The van der Waals surface area contributed by atoms with Crippen LogP contribution in [0.5, 0.6) is 0 Å². The predicted octanol–water partition coefficient (Wildman–Crippen LogP) is 3.61. The number of anilines is 1. The zero-order valence-electron chi connectivity index (χ0n) is 18.4. The van der Waals surface area contributed by atoms with Crippen LogP contribution in [0, 0.1) is 11.8 Å². The molecule has 0 radical (unpaired) electrons. The quantitative estimate of drug-likeness (QED) is 0.798. The minimum atomic E-state index is -0.361. The van der Waals surface area contributed by atoms with Crippen LogP contribution in [-0.2, 0) is 11.2 Å². The number of amides is 3. The smallest absolute Gasteiger partial charge is 0.300 e. The van der Waals surface area contributed by atoms with Crippen molar-refractivity contribution in [3.8, 4) is 0 Å². The van der Waals surface area contributed by atoms with Gasteiger partial charge in [-0.2, -0.15) is 5.10 Å². The highest BCUT2D eigenvalue weighted by Crippen LogP contribution is 2.31. The first kappa shape index (κ1) is 20.5. The topological polar surface area (TPSA) is 70.0 Å². The summed E-state index contributed by atoms with van der Waals surface area (Å²) < 4.78 is 1.81. The van der Waals surface area contributed by atoms with E-state index in [-0.39, 0.29) is 11.9 Å². The van der Waals surface area contributed by atoms with Crippen LogP contribution >= 0.6 is 0 Å². The molecule has 31 heavy (non-hydrogen) atoms. The fraction of sp³-hybridized carbons (Fsp3) is 0.625. The van der Waals surface area contributed by atoms with E-state index in [9.17, 15) is 9.59 Å². The molecule has 166 valence electrons. The Kier molecular flexibility index (Phi) is 5.69. The lowest BCUT2D eigenvalue weighted by molar-refractivity contribution is -0.120. The molecule has 2 aromatic heterocycles. The molecule has 7 heteroatoms. The van der Waals surface area contributed by atoms with Crippen LogP contribution in [0.2, 0.25) is 0 Å². The summed E-state index contributed by atoms with van der Waals surface area (Å²) >= 11 is 0. The Morgan fingerprint density at radius 2 is 1.97 bits per heavy atom. The molecule has 3 amide bonds. The second kappa shape index (κ2) is 8.61. The standard InChI is InChI=1S/C24H33N5O2/c1-17-12-19(6-9-27(17)16-18-4-2-3-5-18)13-20-7-11-29-21(14-20)22(15-25-29)28-10-8-23(30)26-24(28)31/h7,11,14-15,17-19H,2-6,8-10,12-13,16H2,1H3,(H,26,30,31)/t17-,19+/m0/s1. The molecule has 3 aliphatic rings. The summed E-state index contributed by atoms with van der Waals surface area (Å²) in [5.74, 6) is 1.40. The van der Waals surface area contributed by atoms with E-state index >= 15 is 0 Å². The molecule has 4 heterocycles. The molecule has 2 atom stereocenters. The normalized spacial score (nSPS) is 26.0. The molecule has 1 N–H and O–H groups in total. The number of hydrogen-bond acceptors (Lipinski definition) is 4. The number of rotatable bonds is 5. The van der Waals surface area contributed by atoms with Crippen molar-refractivity contribution in [3.05, 3.63) is 30.1 Å². The van der Waals surface area contributed by atoms with Crippen molar-refractivity contribution in [1.29, 1.82) is 0 Å². The fourth-order valence-corrected chi connectivity index (χ4v) is 5.77. The highest BCUT2D eigenvalue weighted by molar-refractivity contribution is 6.07. The maximum Gasteiger partial charge on any atom is 0.328 e. The number of carbonyl (C=O) groups is 2. The van der Waals surface area contributed by atoms with Crippen molar-refractivity contribution in [1.82, 2.24) is 19.8 Å². The third-order valence-corrected chi connectivity index (χ3v) is 7.52. The van der Waals surface area contributed by atoms with Crippen LogP contribution in [0.4, 0.5) is 10.5 Å². The maximum atomic E-state index is 12.3. The summed E-state index contributed by atoms with van der Waals surface area (Å²) in [5, 5.41) is 6.81. The number of urea groups is 1. The van der Waals surface area contributed by atoms with Gasteiger partial charge in [0, 0.05) is 31.7 Å². The minimum absolute atomic E-state index is 0.216. The van der Waals surface area contributed by atoms with Gasteiger partial charge in [-0.1, -0.05) is 12.8 Å². The first-order valence-corrected chi connectivity index (χ1v) is 11.9. The molecule has 0 bridgehead atoms. The Bertz CT molecular complexity index is 964. The Hall–Kier alpha value is -2.41. The van der Waals surface area contributed by atoms with Crippen molar-refractivity contribution in [2.75, 3.05) is 24.5 Å². The number of nitrogens with one attached hydrogen (secondary N) is 1. The first-order chi connectivity index (χ1) is 15.1. The lowest BCUT2D eigenvalue weighted by Gasteiger charge is -2.39. The largest absolute Gasteiger partial charge is 0.328 e. The van der Waals surface area contributed by atoms with E-state index < -0.39 is 0 Å². The van der Waals surface area contributed by atoms with Crippen molar-refractivity contribution >= 4 is 23.1 Å². The lowest BCUT2D eigenvalue weighted by atomic mass is 9.86. The third-order valence-electron chi connectivity index (χ3n) is 7.52. The third kappa shape index (κ3) is 4.33. The fourth-order valence-electron chi connectivity index (χ4n) is 5.77. The molecule has 0 spiro atoms. The van der Waals surface area contributed by atoms with Gasteiger partial charge in [0.15, 0.2) is 0 Å². The molecular weight excluding hydrogens is 390 g/mol. The molecule has 5 rings (SSSR count). The van der Waals surface area contributed by atoms with Crippen LogP contribution in [0.3, 0.4) is 0 Å². The zero-order chi connectivity index (χ0) is 21.4. The molecular formula is C24H33N5O2. The molecule has 2 aromatic rings. The maximum absolute atomic E-state index is 12.3. The average molecular weight is 424 g/mol. The van der Waals surface area contributed by atoms with E-state index in [0.29, 0.717) is 24.9 Å². The molecule has 2 aliphatic heterocycles. The summed E-state index contributed by atoms with van der Waals surface area (Å²) in [6.45, 7) is 5.30. The Labute approximate surface area is 183 Å². The van der Waals surface area contributed by atoms with Gasteiger partial charge in [0.05, 0.1) is 17.4 Å². The van der Waals surface area contributed by atoms with E-state index in [0.717, 1.165) is 23.5 Å². The van der Waals surface area contributed by atoms with E-state index in [1.54, 1.807) is 11.1 Å². The van der Waals surface area contributed by atoms with Gasteiger partial charge in [0.25, 0.3) is 0 Å². The highest BCUT2D eigenvalue weighted by Gasteiger charge is 2.29. The summed E-state index contributed by atoms with van der Waals surface area (Å²) in [4.78, 5) is 28.1. The van der Waals surface area contributed by atoms with E-state index in [2.05, 4.69) is 34.4 Å². The number of fused-ring (bicyclic) bond motifs is 1. The number of piperidine rings is 1. The van der Waals surface area contributed by atoms with Crippen LogP contribution < -0.4 is 10.2 Å². The predicted molar refractivity (Wildman–Crippen MR) is 120 cm³/mol. The number of aromatic nitrogens is 2. The van der Waals surface area contributed by atoms with Crippen molar-refractivity contribution in [3.63, 3.8) is 0 Å². The van der Waals surface area contributed by atoms with Crippen molar-refractivity contribution in [2.24, 2.45) is 11.8 Å². The molecule has 0 unspecified atom stereocenters. The van der Waals surface area contributed by atoms with Gasteiger partial charge in [-0.15, -0.1) is 0 Å². The number of hydrogen-bond donors (Lipinski definition) is 1. The van der Waals surface area contributed by atoms with E-state index in [1.165, 1.54) is 57.2 Å². The van der Waals surface area contributed by atoms with Crippen molar-refractivity contribution in [2.45, 2.75) is 64.3 Å². The van der Waals surface area contributed by atoms with E-state index in [1.807, 2.05) is 10.7 Å². The molecule has 2 saturated heterocycles. The van der Waals surface area contributed by atoms with Gasteiger partial charge >= 0.3 is 6.03 Å². The summed E-state index contributed by atoms with van der Waals surface area (Å²) in [7, 11) is 0. The van der Waals surface area contributed by atoms with Gasteiger partial charge in [0.1, 0.15) is 0 Å². The summed E-state index contributed by atoms with van der Waals surface area (Å²) in [6.07, 6.45) is 13.3. The number of nitrogens with zero attached hydrogens (tertiary/aromatic N) is 4. The number of pyridine rings is 1. The van der Waals surface area contributed by atoms with Gasteiger partial charge in [-0.05, 0) is 75.1 Å². The van der Waals surface area contributed by atoms with Crippen LogP contribution in [-0.4, -0.2) is 52.1 Å². The summed E-state index contributed by atoms with van der Waals surface area (Å²) in [6, 6.07) is 4.61. The molecule has 3 fully saturated rings. The Balaban J connectivity index is 1.26. The molecule has 1 aliphatic carbocycles. The van der Waals surface area contributed by atoms with Crippen LogP contribution in [0.15, 0.2) is 24.5 Å². The second-order valence-electron chi connectivity index (χ2n) is 9.74. The molecule has 7 nitrogen and oxygen atoms in total. The molecule has 1 saturated carbocycles. The van der Waals surface area contributed by atoms with Gasteiger partial charge in [-0.25, -0.2) is 9.31 Å².